The number of nitrogens with zero attached hydrogens (tertiary/aromatic N) is 1. The molecule has 19 heavy (non-hydrogen) atoms. The number of halogens is 1. The molecule has 108 valence electrons. The molecule has 0 heterocycles. The summed E-state index contributed by atoms with van der Waals surface area (Å²) in [5, 5.41) is 0.632. The normalized spacial score (nSPS) is 12.6. The Morgan fingerprint density at radius 2 is 2.05 bits per heavy atom. The first-order valence-corrected chi connectivity index (χ1v) is 6.71. The van der Waals surface area contributed by atoms with Crippen molar-refractivity contribution in [1.82, 2.24) is 4.90 Å². The van der Waals surface area contributed by atoms with Crippen LogP contribution >= 0.6 is 11.6 Å². The van der Waals surface area contributed by atoms with E-state index in [1.165, 1.54) is 0 Å². The molecule has 1 unspecified atom stereocenters. The van der Waals surface area contributed by atoms with Crippen LogP contribution in [0, 0.1) is 0 Å². The number of likely N-dealkylation sites (N-methyl/N-ethyl adjacent to an activating group) is 1. The summed E-state index contributed by atoms with van der Waals surface area (Å²) in [7, 11) is 5.62. The molecule has 0 fully saturated rings. The van der Waals surface area contributed by atoms with Crippen molar-refractivity contribution in [2.75, 3.05) is 34.4 Å². The highest BCUT2D eigenvalue weighted by Crippen LogP contribution is 2.35. The minimum Gasteiger partial charge on any atom is -0.493 e. The minimum atomic E-state index is 0.0411. The van der Waals surface area contributed by atoms with Gasteiger partial charge in [-0.1, -0.05) is 11.6 Å². The van der Waals surface area contributed by atoms with Crippen molar-refractivity contribution >= 4 is 11.6 Å². The summed E-state index contributed by atoms with van der Waals surface area (Å²) in [6.45, 7) is 3.39. The Balaban J connectivity index is 2.95. The van der Waals surface area contributed by atoms with E-state index < -0.39 is 0 Å². The predicted molar refractivity (Wildman–Crippen MR) is 79.4 cm³/mol. The van der Waals surface area contributed by atoms with Gasteiger partial charge in [0.1, 0.15) is 6.61 Å². The third kappa shape index (κ3) is 5.27. The number of rotatable bonds is 7. The minimum absolute atomic E-state index is 0.0411. The molecule has 1 rings (SSSR count). The molecule has 5 heteroatoms. The summed E-state index contributed by atoms with van der Waals surface area (Å²) in [6, 6.07) is 3.69. The molecule has 1 aromatic rings. The summed E-state index contributed by atoms with van der Waals surface area (Å²) >= 11 is 6.08. The second-order valence-electron chi connectivity index (χ2n) is 4.93. The molecule has 0 radical (unpaired) electrons. The molecule has 4 nitrogen and oxygen atoms in total. The van der Waals surface area contributed by atoms with Gasteiger partial charge in [0.25, 0.3) is 0 Å². The number of hydrogen-bond acceptors (Lipinski definition) is 4. The molecule has 1 aromatic carbocycles. The van der Waals surface area contributed by atoms with E-state index in [1.807, 2.05) is 27.1 Å². The fourth-order valence-electron chi connectivity index (χ4n) is 1.77. The number of hydrogen-bond donors (Lipinski definition) is 1. The van der Waals surface area contributed by atoms with Crippen LogP contribution in [0.2, 0.25) is 5.02 Å². The van der Waals surface area contributed by atoms with Gasteiger partial charge in [-0.25, -0.2) is 0 Å². The summed E-state index contributed by atoms with van der Waals surface area (Å²) in [4.78, 5) is 2.06. The molecule has 2 N–H and O–H groups in total. The number of nitrogens with two attached hydrogens (primary N) is 1. The lowest BCUT2D eigenvalue weighted by molar-refractivity contribution is 0.248. The Morgan fingerprint density at radius 3 is 2.58 bits per heavy atom. The van der Waals surface area contributed by atoms with Crippen LogP contribution in [-0.2, 0) is 6.42 Å². The van der Waals surface area contributed by atoms with Crippen LogP contribution in [0.15, 0.2) is 12.1 Å². The fourth-order valence-corrected chi connectivity index (χ4v) is 2.00. The van der Waals surface area contributed by atoms with Crippen LogP contribution in [-0.4, -0.2) is 45.3 Å². The summed E-state index contributed by atoms with van der Waals surface area (Å²) in [5.74, 6) is 1.40. The van der Waals surface area contributed by atoms with Crippen molar-refractivity contribution in [3.8, 4) is 11.5 Å². The maximum absolute atomic E-state index is 6.08. The van der Waals surface area contributed by atoms with E-state index in [0.29, 0.717) is 23.8 Å². The van der Waals surface area contributed by atoms with Crippen LogP contribution in [0.3, 0.4) is 0 Å². The average molecular weight is 287 g/mol. The first kappa shape index (κ1) is 16.1. The van der Waals surface area contributed by atoms with Gasteiger partial charge >= 0.3 is 0 Å². The van der Waals surface area contributed by atoms with Gasteiger partial charge < -0.3 is 20.1 Å². The molecule has 0 spiro atoms. The van der Waals surface area contributed by atoms with Crippen molar-refractivity contribution in [3.63, 3.8) is 0 Å². The lowest BCUT2D eigenvalue weighted by Gasteiger charge is -2.18. The van der Waals surface area contributed by atoms with Crippen LogP contribution in [0.4, 0.5) is 0 Å². The quantitative estimate of drug-likeness (QED) is 0.835. The molecule has 0 aliphatic rings. The smallest absolute Gasteiger partial charge is 0.164 e. The van der Waals surface area contributed by atoms with Crippen molar-refractivity contribution in [1.29, 1.82) is 0 Å². The SMILES string of the molecule is COc1cc(Cl)cc(CC(C)N)c1OCCN(C)C. The molecule has 0 aliphatic heterocycles. The van der Waals surface area contributed by atoms with E-state index in [0.717, 1.165) is 17.9 Å². The van der Waals surface area contributed by atoms with Gasteiger partial charge in [-0.05, 0) is 33.5 Å². The van der Waals surface area contributed by atoms with Crippen LogP contribution in [0.5, 0.6) is 11.5 Å². The van der Waals surface area contributed by atoms with Gasteiger partial charge in [0.05, 0.1) is 7.11 Å². The molecule has 0 bridgehead atoms. The van der Waals surface area contributed by atoms with Crippen molar-refractivity contribution in [2.45, 2.75) is 19.4 Å². The highest BCUT2D eigenvalue weighted by molar-refractivity contribution is 6.30. The molecule has 0 aliphatic carbocycles. The lowest BCUT2D eigenvalue weighted by atomic mass is 10.1. The third-order valence-electron chi connectivity index (χ3n) is 2.64. The first-order chi connectivity index (χ1) is 8.93. The van der Waals surface area contributed by atoms with Gasteiger partial charge in [-0.15, -0.1) is 0 Å². The Labute approximate surface area is 120 Å². The molecular weight excluding hydrogens is 264 g/mol. The standard InChI is InChI=1S/C14H23ClN2O2/c1-10(16)7-11-8-12(15)9-13(18-4)14(11)19-6-5-17(2)3/h8-10H,5-7,16H2,1-4H3. The number of ether oxygens (including phenoxy) is 2. The van der Waals surface area contributed by atoms with E-state index in [2.05, 4.69) is 4.90 Å². The van der Waals surface area contributed by atoms with Crippen LogP contribution < -0.4 is 15.2 Å². The number of methoxy groups -OCH3 is 1. The van der Waals surface area contributed by atoms with Crippen LogP contribution in [0.1, 0.15) is 12.5 Å². The second kappa shape index (κ2) is 7.58. The number of benzene rings is 1. The highest BCUT2D eigenvalue weighted by atomic mass is 35.5. The molecule has 0 amide bonds. The molecule has 0 saturated carbocycles. The van der Waals surface area contributed by atoms with E-state index >= 15 is 0 Å². The Kier molecular flexibility index (Phi) is 6.42. The lowest BCUT2D eigenvalue weighted by Crippen LogP contribution is -2.21. The van der Waals surface area contributed by atoms with Gasteiger partial charge in [0.2, 0.25) is 0 Å². The van der Waals surface area contributed by atoms with Crippen molar-refractivity contribution < 1.29 is 9.47 Å². The Morgan fingerprint density at radius 1 is 1.37 bits per heavy atom. The zero-order valence-corrected chi connectivity index (χ0v) is 12.8. The summed E-state index contributed by atoms with van der Waals surface area (Å²) in [5.41, 5.74) is 6.85. The van der Waals surface area contributed by atoms with E-state index in [4.69, 9.17) is 26.8 Å². The topological polar surface area (TPSA) is 47.7 Å². The maximum atomic E-state index is 6.08. The fraction of sp³-hybridized carbons (Fsp3) is 0.571. The van der Waals surface area contributed by atoms with Crippen molar-refractivity contribution in [2.24, 2.45) is 5.73 Å². The van der Waals surface area contributed by atoms with E-state index in [9.17, 15) is 0 Å². The van der Waals surface area contributed by atoms with Crippen LogP contribution in [0.25, 0.3) is 0 Å². The highest BCUT2D eigenvalue weighted by Gasteiger charge is 2.14. The molecule has 0 aromatic heterocycles. The summed E-state index contributed by atoms with van der Waals surface area (Å²) in [6.07, 6.45) is 0.703. The zero-order valence-electron chi connectivity index (χ0n) is 12.1. The third-order valence-corrected chi connectivity index (χ3v) is 2.86. The second-order valence-corrected chi connectivity index (χ2v) is 5.37. The van der Waals surface area contributed by atoms with E-state index in [-0.39, 0.29) is 6.04 Å². The Bertz CT molecular complexity index is 409. The van der Waals surface area contributed by atoms with Crippen molar-refractivity contribution in [3.05, 3.63) is 22.7 Å². The van der Waals surface area contributed by atoms with Gasteiger partial charge in [-0.3, -0.25) is 0 Å². The molecule has 1 atom stereocenters. The monoisotopic (exact) mass is 286 g/mol. The largest absolute Gasteiger partial charge is 0.493 e. The summed E-state index contributed by atoms with van der Waals surface area (Å²) < 4.78 is 11.2. The van der Waals surface area contributed by atoms with Gasteiger partial charge in [0.15, 0.2) is 11.5 Å². The Hall–Kier alpha value is -0.970. The van der Waals surface area contributed by atoms with E-state index in [1.54, 1.807) is 13.2 Å². The first-order valence-electron chi connectivity index (χ1n) is 6.33. The predicted octanol–water partition coefficient (Wildman–Crippen LogP) is 2.18. The zero-order chi connectivity index (χ0) is 14.4. The maximum Gasteiger partial charge on any atom is 0.164 e. The molecule has 0 saturated heterocycles. The van der Waals surface area contributed by atoms with Gasteiger partial charge in [-0.2, -0.15) is 0 Å². The average Bonchev–Trinajstić information content (AvgIpc) is 2.30. The van der Waals surface area contributed by atoms with Gasteiger partial charge in [0, 0.05) is 29.2 Å². The molecular formula is C14H23ClN2O2.